The number of aromatic nitrogens is 1. The third kappa shape index (κ3) is 2.72. The summed E-state index contributed by atoms with van der Waals surface area (Å²) in [5.74, 6) is -0.759. The Morgan fingerprint density at radius 1 is 1.28 bits per heavy atom. The number of hydrogen-bond acceptors (Lipinski definition) is 3. The van der Waals surface area contributed by atoms with Crippen LogP contribution in [-0.4, -0.2) is 16.0 Å². The fourth-order valence-electron chi connectivity index (χ4n) is 1.35. The summed E-state index contributed by atoms with van der Waals surface area (Å²) in [5.41, 5.74) is 0.285. The highest BCUT2D eigenvalue weighted by atomic mass is 35.5. The Bertz CT molecular complexity index is 602. The minimum atomic E-state index is -0.558. The van der Waals surface area contributed by atoms with Crippen molar-refractivity contribution in [2.45, 2.75) is 0 Å². The number of amides is 1. The molecule has 1 heterocycles. The highest BCUT2D eigenvalue weighted by Gasteiger charge is 2.13. The van der Waals surface area contributed by atoms with Gasteiger partial charge in [0.1, 0.15) is 5.75 Å². The number of carbonyl (C=O) groups is 1. The van der Waals surface area contributed by atoms with Gasteiger partial charge in [-0.05, 0) is 30.3 Å². The first-order valence-electron chi connectivity index (χ1n) is 4.98. The van der Waals surface area contributed by atoms with Crippen molar-refractivity contribution in [2.75, 3.05) is 5.32 Å². The minimum absolute atomic E-state index is 0.0754. The van der Waals surface area contributed by atoms with Crippen molar-refractivity contribution >= 4 is 34.8 Å². The highest BCUT2D eigenvalue weighted by molar-refractivity contribution is 6.35. The molecule has 0 radical (unpaired) electrons. The Kier molecular flexibility index (Phi) is 3.69. The maximum absolute atomic E-state index is 11.9. The van der Waals surface area contributed by atoms with Gasteiger partial charge in [-0.25, -0.2) is 4.98 Å². The molecule has 0 aliphatic heterocycles. The van der Waals surface area contributed by atoms with Gasteiger partial charge in [0.2, 0.25) is 0 Å². The van der Waals surface area contributed by atoms with Crippen LogP contribution in [0.4, 0.5) is 5.69 Å². The molecule has 2 aromatic rings. The zero-order valence-electron chi connectivity index (χ0n) is 9.02. The van der Waals surface area contributed by atoms with Crippen LogP contribution in [-0.2, 0) is 0 Å². The number of benzene rings is 1. The lowest BCUT2D eigenvalue weighted by molar-refractivity contribution is 0.101. The smallest absolute Gasteiger partial charge is 0.278 e. The van der Waals surface area contributed by atoms with Gasteiger partial charge in [-0.15, -0.1) is 0 Å². The molecular formula is C12H8Cl2N2O2. The van der Waals surface area contributed by atoms with E-state index in [9.17, 15) is 9.90 Å². The first-order chi connectivity index (χ1) is 8.58. The number of anilines is 1. The van der Waals surface area contributed by atoms with E-state index in [4.69, 9.17) is 23.2 Å². The lowest BCUT2D eigenvalue weighted by Crippen LogP contribution is -2.14. The normalized spacial score (nSPS) is 10.1. The summed E-state index contributed by atoms with van der Waals surface area (Å²) < 4.78 is 0. The summed E-state index contributed by atoms with van der Waals surface area (Å²) in [5, 5.41) is 12.8. The molecule has 6 heteroatoms. The third-order valence-electron chi connectivity index (χ3n) is 2.18. The summed E-state index contributed by atoms with van der Waals surface area (Å²) in [4.78, 5) is 15.7. The molecule has 4 nitrogen and oxygen atoms in total. The van der Waals surface area contributed by atoms with E-state index >= 15 is 0 Å². The molecule has 0 saturated carbocycles. The molecule has 18 heavy (non-hydrogen) atoms. The van der Waals surface area contributed by atoms with E-state index in [-0.39, 0.29) is 11.4 Å². The van der Waals surface area contributed by atoms with Gasteiger partial charge < -0.3 is 10.4 Å². The number of nitrogens with one attached hydrogen (secondary N) is 1. The van der Waals surface area contributed by atoms with Crippen molar-refractivity contribution in [1.82, 2.24) is 4.98 Å². The van der Waals surface area contributed by atoms with E-state index in [1.807, 2.05) is 0 Å². The first kappa shape index (κ1) is 12.7. The molecule has 0 fully saturated rings. The molecule has 0 spiro atoms. The molecule has 2 rings (SSSR count). The Morgan fingerprint density at radius 3 is 2.78 bits per heavy atom. The Labute approximate surface area is 113 Å². The number of pyridine rings is 1. The van der Waals surface area contributed by atoms with Crippen LogP contribution in [0.3, 0.4) is 0 Å². The minimum Gasteiger partial charge on any atom is -0.505 e. The fourth-order valence-corrected chi connectivity index (χ4v) is 1.68. The molecule has 0 atom stereocenters. The van der Waals surface area contributed by atoms with E-state index in [0.29, 0.717) is 15.7 Å². The predicted octanol–water partition coefficient (Wildman–Crippen LogP) is 3.35. The molecule has 0 saturated heterocycles. The van der Waals surface area contributed by atoms with Crippen molar-refractivity contribution in [3.63, 3.8) is 0 Å². The number of halogens is 2. The standard InChI is InChI=1S/C12H8Cl2N2O2/c13-7-3-4-8(14)9(6-7)16-12(18)11-10(17)2-1-5-15-11/h1-6,17H,(H,16,18). The Morgan fingerprint density at radius 2 is 2.06 bits per heavy atom. The number of hydrogen-bond donors (Lipinski definition) is 2. The molecule has 92 valence electrons. The van der Waals surface area contributed by atoms with Crippen LogP contribution >= 0.6 is 23.2 Å². The van der Waals surface area contributed by atoms with Crippen LogP contribution in [0.15, 0.2) is 36.5 Å². The maximum atomic E-state index is 11.9. The SMILES string of the molecule is O=C(Nc1cc(Cl)ccc1Cl)c1ncccc1O. The molecule has 1 aromatic carbocycles. The van der Waals surface area contributed by atoms with Crippen molar-refractivity contribution in [3.8, 4) is 5.75 Å². The first-order valence-corrected chi connectivity index (χ1v) is 5.74. The third-order valence-corrected chi connectivity index (χ3v) is 2.74. The van der Waals surface area contributed by atoms with E-state index < -0.39 is 5.91 Å². The second-order valence-electron chi connectivity index (χ2n) is 3.45. The van der Waals surface area contributed by atoms with E-state index in [1.165, 1.54) is 24.4 Å². The van der Waals surface area contributed by atoms with Gasteiger partial charge in [0.15, 0.2) is 5.69 Å². The molecule has 1 amide bonds. The van der Waals surface area contributed by atoms with Gasteiger partial charge >= 0.3 is 0 Å². The van der Waals surface area contributed by atoms with Gasteiger partial charge in [0, 0.05) is 11.2 Å². The molecular weight excluding hydrogens is 275 g/mol. The van der Waals surface area contributed by atoms with Crippen LogP contribution in [0.2, 0.25) is 10.0 Å². The second-order valence-corrected chi connectivity index (χ2v) is 4.29. The summed E-state index contributed by atoms with van der Waals surface area (Å²) in [7, 11) is 0. The zero-order chi connectivity index (χ0) is 13.1. The van der Waals surface area contributed by atoms with Crippen molar-refractivity contribution in [2.24, 2.45) is 0 Å². The Balaban J connectivity index is 2.27. The number of nitrogens with zero attached hydrogens (tertiary/aromatic N) is 1. The van der Waals surface area contributed by atoms with E-state index in [2.05, 4.69) is 10.3 Å². The monoisotopic (exact) mass is 282 g/mol. The maximum Gasteiger partial charge on any atom is 0.278 e. The lowest BCUT2D eigenvalue weighted by atomic mass is 10.2. The topological polar surface area (TPSA) is 62.2 Å². The lowest BCUT2D eigenvalue weighted by Gasteiger charge is -2.07. The number of carbonyl (C=O) groups excluding carboxylic acids is 1. The molecule has 0 aliphatic rings. The van der Waals surface area contributed by atoms with E-state index in [0.717, 1.165) is 0 Å². The van der Waals surface area contributed by atoms with Gasteiger partial charge in [-0.2, -0.15) is 0 Å². The zero-order valence-corrected chi connectivity index (χ0v) is 10.5. The average Bonchev–Trinajstić information content (AvgIpc) is 2.34. The predicted molar refractivity (Wildman–Crippen MR) is 70.3 cm³/mol. The summed E-state index contributed by atoms with van der Waals surface area (Å²) in [6.07, 6.45) is 1.41. The van der Waals surface area contributed by atoms with E-state index in [1.54, 1.807) is 12.1 Å². The van der Waals surface area contributed by atoms with Gasteiger partial charge in [-0.1, -0.05) is 23.2 Å². The summed E-state index contributed by atoms with van der Waals surface area (Å²) in [6, 6.07) is 7.59. The van der Waals surface area contributed by atoms with Gasteiger partial charge in [0.25, 0.3) is 5.91 Å². The molecule has 0 bridgehead atoms. The quantitative estimate of drug-likeness (QED) is 0.888. The van der Waals surface area contributed by atoms with Crippen LogP contribution in [0.5, 0.6) is 5.75 Å². The molecule has 2 N–H and O–H groups in total. The van der Waals surface area contributed by atoms with Gasteiger partial charge in [-0.3, -0.25) is 4.79 Å². The van der Waals surface area contributed by atoms with Crippen LogP contribution in [0, 0.1) is 0 Å². The average molecular weight is 283 g/mol. The van der Waals surface area contributed by atoms with Crippen LogP contribution in [0.25, 0.3) is 0 Å². The number of rotatable bonds is 2. The highest BCUT2D eigenvalue weighted by Crippen LogP contribution is 2.26. The van der Waals surface area contributed by atoms with Crippen LogP contribution < -0.4 is 5.32 Å². The Hall–Kier alpha value is -1.78. The van der Waals surface area contributed by atoms with Gasteiger partial charge in [0.05, 0.1) is 10.7 Å². The van der Waals surface area contributed by atoms with Crippen molar-refractivity contribution in [3.05, 3.63) is 52.3 Å². The molecule has 0 aliphatic carbocycles. The largest absolute Gasteiger partial charge is 0.505 e. The summed E-state index contributed by atoms with van der Waals surface area (Å²) in [6.45, 7) is 0. The van der Waals surface area contributed by atoms with Crippen molar-refractivity contribution < 1.29 is 9.90 Å². The van der Waals surface area contributed by atoms with Crippen molar-refractivity contribution in [1.29, 1.82) is 0 Å². The number of aromatic hydroxyl groups is 1. The molecule has 0 unspecified atom stereocenters. The summed E-state index contributed by atoms with van der Waals surface area (Å²) >= 11 is 11.7. The fraction of sp³-hybridized carbons (Fsp3) is 0. The second kappa shape index (κ2) is 5.25. The molecule has 1 aromatic heterocycles. The van der Waals surface area contributed by atoms with Crippen LogP contribution in [0.1, 0.15) is 10.5 Å².